The number of halogens is 2. The highest BCUT2D eigenvalue weighted by atomic mass is 35.5. The van der Waals surface area contributed by atoms with Gasteiger partial charge in [0.2, 0.25) is 6.10 Å². The first kappa shape index (κ1) is 20.7. The van der Waals surface area contributed by atoms with Gasteiger partial charge in [-0.2, -0.15) is 5.26 Å². The number of esters is 1. The van der Waals surface area contributed by atoms with Gasteiger partial charge in [0.1, 0.15) is 11.8 Å². The number of alkyl halides is 1. The van der Waals surface area contributed by atoms with Crippen LogP contribution in [0.4, 0.5) is 4.39 Å². The number of para-hydroxylation sites is 1. The van der Waals surface area contributed by atoms with E-state index in [0.717, 1.165) is 0 Å². The molecule has 27 heavy (non-hydrogen) atoms. The average molecular weight is 390 g/mol. The van der Waals surface area contributed by atoms with Crippen LogP contribution in [0.3, 0.4) is 0 Å². The molecule has 2 aromatic carbocycles. The van der Waals surface area contributed by atoms with E-state index in [4.69, 9.17) is 21.1 Å². The molecule has 0 bridgehead atoms. The molecule has 0 heterocycles. The third-order valence-electron chi connectivity index (χ3n) is 4.07. The van der Waals surface area contributed by atoms with E-state index >= 15 is 0 Å². The Hall–Kier alpha value is -2.58. The second kappa shape index (κ2) is 9.38. The van der Waals surface area contributed by atoms with Crippen molar-refractivity contribution in [2.24, 2.45) is 11.8 Å². The van der Waals surface area contributed by atoms with Gasteiger partial charge in [0.25, 0.3) is 0 Å². The standard InChI is InChI=1S/C21H21ClFNO3/c1-13(2)20(14(3)22)21(25)27-19(12-24)15-9-10-17(23)18(11-15)26-16-7-5-4-6-8-16/h4-11,13-14,19-20H,1-3H3. The lowest BCUT2D eigenvalue weighted by Crippen LogP contribution is -2.30. The topological polar surface area (TPSA) is 59.3 Å². The molecule has 0 aromatic heterocycles. The number of hydrogen-bond acceptors (Lipinski definition) is 4. The van der Waals surface area contributed by atoms with Crippen molar-refractivity contribution in [3.63, 3.8) is 0 Å². The molecule has 0 amide bonds. The molecule has 0 saturated carbocycles. The van der Waals surface area contributed by atoms with E-state index in [0.29, 0.717) is 11.3 Å². The molecule has 6 heteroatoms. The Morgan fingerprint density at radius 3 is 2.37 bits per heavy atom. The first-order valence-corrected chi connectivity index (χ1v) is 9.03. The average Bonchev–Trinajstić information content (AvgIpc) is 2.62. The van der Waals surface area contributed by atoms with Crippen molar-refractivity contribution in [2.45, 2.75) is 32.3 Å². The van der Waals surface area contributed by atoms with Crippen molar-refractivity contribution in [2.75, 3.05) is 0 Å². The van der Waals surface area contributed by atoms with Crippen molar-refractivity contribution in [1.29, 1.82) is 5.26 Å². The molecule has 2 rings (SSSR count). The van der Waals surface area contributed by atoms with Gasteiger partial charge in [0.15, 0.2) is 11.6 Å². The van der Waals surface area contributed by atoms with Crippen LogP contribution in [0.15, 0.2) is 48.5 Å². The molecule has 0 fully saturated rings. The first-order valence-electron chi connectivity index (χ1n) is 8.60. The number of ether oxygens (including phenoxy) is 2. The number of nitrogens with zero attached hydrogens (tertiary/aromatic N) is 1. The Labute approximate surface area is 163 Å². The van der Waals surface area contributed by atoms with Crippen molar-refractivity contribution in [1.82, 2.24) is 0 Å². The maximum atomic E-state index is 14.1. The number of carbonyl (C=O) groups is 1. The van der Waals surface area contributed by atoms with Crippen molar-refractivity contribution in [3.8, 4) is 17.6 Å². The van der Waals surface area contributed by atoms with Gasteiger partial charge in [-0.15, -0.1) is 11.6 Å². The van der Waals surface area contributed by atoms with Crippen LogP contribution in [-0.2, 0) is 9.53 Å². The SMILES string of the molecule is CC(C)C(C(=O)OC(C#N)c1ccc(F)c(Oc2ccccc2)c1)C(C)Cl. The van der Waals surface area contributed by atoms with Crippen LogP contribution >= 0.6 is 11.6 Å². The van der Waals surface area contributed by atoms with E-state index in [1.54, 1.807) is 31.2 Å². The maximum Gasteiger partial charge on any atom is 0.312 e. The third kappa shape index (κ3) is 5.45. The summed E-state index contributed by atoms with van der Waals surface area (Å²) in [5.41, 5.74) is 0.322. The molecule has 0 aliphatic rings. The van der Waals surface area contributed by atoms with Crippen LogP contribution in [0.25, 0.3) is 0 Å². The second-order valence-corrected chi connectivity index (χ2v) is 7.19. The van der Waals surface area contributed by atoms with E-state index in [2.05, 4.69) is 0 Å². The molecule has 0 saturated heterocycles. The molecule has 3 unspecified atom stereocenters. The van der Waals surface area contributed by atoms with Gasteiger partial charge in [-0.1, -0.05) is 38.1 Å². The molecule has 2 aromatic rings. The fraction of sp³-hybridized carbons (Fsp3) is 0.333. The first-order chi connectivity index (χ1) is 12.8. The largest absolute Gasteiger partial charge is 0.454 e. The Balaban J connectivity index is 2.23. The fourth-order valence-electron chi connectivity index (χ4n) is 2.73. The van der Waals surface area contributed by atoms with Crippen LogP contribution in [-0.4, -0.2) is 11.3 Å². The molecule has 0 spiro atoms. The zero-order chi connectivity index (χ0) is 20.0. The molecule has 0 aliphatic heterocycles. The predicted molar refractivity (Wildman–Crippen MR) is 101 cm³/mol. The molecule has 0 radical (unpaired) electrons. The zero-order valence-corrected chi connectivity index (χ0v) is 16.1. The lowest BCUT2D eigenvalue weighted by Gasteiger charge is -2.23. The Bertz CT molecular complexity index is 810. The van der Waals surface area contributed by atoms with Gasteiger partial charge in [-0.3, -0.25) is 4.79 Å². The van der Waals surface area contributed by atoms with Gasteiger partial charge in [-0.05, 0) is 37.1 Å². The van der Waals surface area contributed by atoms with Gasteiger partial charge >= 0.3 is 5.97 Å². The number of nitriles is 1. The minimum absolute atomic E-state index is 0.0467. The summed E-state index contributed by atoms with van der Waals surface area (Å²) in [6, 6.07) is 14.6. The van der Waals surface area contributed by atoms with Gasteiger partial charge in [0.05, 0.1) is 5.92 Å². The summed E-state index contributed by atoms with van der Waals surface area (Å²) in [6.45, 7) is 5.42. The van der Waals surface area contributed by atoms with Crippen LogP contribution in [0.5, 0.6) is 11.5 Å². The van der Waals surface area contributed by atoms with E-state index in [9.17, 15) is 14.4 Å². The minimum atomic E-state index is -1.19. The molecule has 0 aliphatic carbocycles. The normalized spacial score (nSPS) is 14.1. The van der Waals surface area contributed by atoms with Crippen LogP contribution in [0.1, 0.15) is 32.4 Å². The highest BCUT2D eigenvalue weighted by Crippen LogP contribution is 2.30. The summed E-state index contributed by atoms with van der Waals surface area (Å²) in [7, 11) is 0. The Morgan fingerprint density at radius 2 is 1.81 bits per heavy atom. The Kier molecular flexibility index (Phi) is 7.20. The number of benzene rings is 2. The minimum Gasteiger partial charge on any atom is -0.454 e. The number of hydrogen-bond donors (Lipinski definition) is 0. The second-order valence-electron chi connectivity index (χ2n) is 6.50. The summed E-state index contributed by atoms with van der Waals surface area (Å²) in [5, 5.41) is 9.00. The highest BCUT2D eigenvalue weighted by Gasteiger charge is 2.31. The summed E-state index contributed by atoms with van der Waals surface area (Å²) in [4.78, 5) is 12.4. The van der Waals surface area contributed by atoms with E-state index in [1.807, 2.05) is 26.0 Å². The predicted octanol–water partition coefficient (Wildman–Crippen LogP) is 5.63. The molecule has 3 atom stereocenters. The quantitative estimate of drug-likeness (QED) is 0.455. The molecule has 4 nitrogen and oxygen atoms in total. The lowest BCUT2D eigenvalue weighted by molar-refractivity contribution is -0.153. The lowest BCUT2D eigenvalue weighted by atomic mass is 9.93. The summed E-state index contributed by atoms with van der Waals surface area (Å²) in [5.74, 6) is -1.34. The van der Waals surface area contributed by atoms with Crippen molar-refractivity contribution >= 4 is 17.6 Å². The zero-order valence-electron chi connectivity index (χ0n) is 15.4. The third-order valence-corrected chi connectivity index (χ3v) is 4.34. The van der Waals surface area contributed by atoms with E-state index < -0.39 is 29.2 Å². The smallest absolute Gasteiger partial charge is 0.312 e. The molecule has 0 N–H and O–H groups in total. The van der Waals surface area contributed by atoms with E-state index in [-0.39, 0.29) is 11.7 Å². The monoisotopic (exact) mass is 389 g/mol. The van der Waals surface area contributed by atoms with Crippen molar-refractivity contribution in [3.05, 3.63) is 59.9 Å². The van der Waals surface area contributed by atoms with Crippen LogP contribution in [0.2, 0.25) is 0 Å². The number of rotatable bonds is 7. The summed E-state index contributed by atoms with van der Waals surface area (Å²) < 4.78 is 25.0. The fourth-order valence-corrected chi connectivity index (χ4v) is 3.12. The van der Waals surface area contributed by atoms with E-state index in [1.165, 1.54) is 18.2 Å². The molecule has 142 valence electrons. The van der Waals surface area contributed by atoms with Gasteiger partial charge < -0.3 is 9.47 Å². The number of carbonyl (C=O) groups excluding carboxylic acids is 1. The van der Waals surface area contributed by atoms with Gasteiger partial charge in [0, 0.05) is 10.9 Å². The molecular weight excluding hydrogens is 369 g/mol. The Morgan fingerprint density at radius 1 is 1.15 bits per heavy atom. The van der Waals surface area contributed by atoms with Crippen LogP contribution in [0, 0.1) is 29.0 Å². The maximum absolute atomic E-state index is 14.1. The summed E-state index contributed by atoms with van der Waals surface area (Å²) >= 11 is 6.09. The highest BCUT2D eigenvalue weighted by molar-refractivity contribution is 6.21. The van der Waals surface area contributed by atoms with Crippen molar-refractivity contribution < 1.29 is 18.7 Å². The van der Waals surface area contributed by atoms with Crippen LogP contribution < -0.4 is 4.74 Å². The molecular formula is C21H21ClFNO3. The van der Waals surface area contributed by atoms with Gasteiger partial charge in [-0.25, -0.2) is 4.39 Å². The summed E-state index contributed by atoms with van der Waals surface area (Å²) in [6.07, 6.45) is -1.19.